The van der Waals surface area contributed by atoms with Crippen LogP contribution in [0.1, 0.15) is 36.1 Å². The molecule has 1 aliphatic heterocycles. The summed E-state index contributed by atoms with van der Waals surface area (Å²) in [6.07, 6.45) is 5.91. The zero-order valence-corrected chi connectivity index (χ0v) is 15.3. The molecule has 2 heterocycles. The Hall–Kier alpha value is -2.47. The molecule has 0 spiro atoms. The number of aryl methyl sites for hydroxylation is 2. The first-order valence-electron chi connectivity index (χ1n) is 9.64. The lowest BCUT2D eigenvalue weighted by molar-refractivity contribution is -0.158. The van der Waals surface area contributed by atoms with Gasteiger partial charge in [-0.1, -0.05) is 30.3 Å². The minimum Gasteiger partial charge on any atom is -0.481 e. The van der Waals surface area contributed by atoms with Crippen LogP contribution in [0.3, 0.4) is 0 Å². The van der Waals surface area contributed by atoms with Crippen LogP contribution in [0.2, 0.25) is 0 Å². The first-order valence-corrected chi connectivity index (χ1v) is 9.64. The molecule has 1 aromatic heterocycles. The molecule has 0 saturated carbocycles. The van der Waals surface area contributed by atoms with Gasteiger partial charge in [0.15, 0.2) is 0 Å². The molecule has 0 amide bonds. The SMILES string of the molecule is O=C(O)[C@@]1(Cc2ccccc2)CCN(c2ncc3c(n2)CCCC3)C[C@H]1O. The number of aromatic nitrogens is 2. The number of aliphatic hydroxyl groups is 1. The molecule has 1 fully saturated rings. The molecule has 1 aromatic carbocycles. The molecule has 142 valence electrons. The van der Waals surface area contributed by atoms with E-state index >= 15 is 0 Å². The largest absolute Gasteiger partial charge is 0.481 e. The van der Waals surface area contributed by atoms with Gasteiger partial charge in [0.05, 0.1) is 6.10 Å². The number of nitrogens with zero attached hydrogens (tertiary/aromatic N) is 3. The number of benzene rings is 1. The predicted octanol–water partition coefficient (Wildman–Crippen LogP) is 2.24. The van der Waals surface area contributed by atoms with Crippen molar-refractivity contribution in [3.05, 3.63) is 53.3 Å². The van der Waals surface area contributed by atoms with Gasteiger partial charge in [-0.25, -0.2) is 9.97 Å². The molecule has 6 nitrogen and oxygen atoms in total. The van der Waals surface area contributed by atoms with Crippen LogP contribution in [0.5, 0.6) is 0 Å². The Bertz CT molecular complexity index is 827. The number of carbonyl (C=O) groups is 1. The Morgan fingerprint density at radius 1 is 1.22 bits per heavy atom. The van der Waals surface area contributed by atoms with Gasteiger partial charge >= 0.3 is 5.97 Å². The molecule has 27 heavy (non-hydrogen) atoms. The molecule has 1 saturated heterocycles. The molecule has 2 aliphatic rings. The highest BCUT2D eigenvalue weighted by atomic mass is 16.4. The lowest BCUT2D eigenvalue weighted by atomic mass is 9.72. The molecular weight excluding hydrogens is 342 g/mol. The van der Waals surface area contributed by atoms with Crippen molar-refractivity contribution in [1.29, 1.82) is 0 Å². The number of carboxylic acids is 1. The van der Waals surface area contributed by atoms with Gasteiger partial charge in [0.2, 0.25) is 5.95 Å². The van der Waals surface area contributed by atoms with Crippen molar-refractivity contribution in [3.63, 3.8) is 0 Å². The van der Waals surface area contributed by atoms with Gasteiger partial charge in [0.1, 0.15) is 5.41 Å². The van der Waals surface area contributed by atoms with Gasteiger partial charge in [-0.15, -0.1) is 0 Å². The topological polar surface area (TPSA) is 86.5 Å². The molecule has 2 N–H and O–H groups in total. The lowest BCUT2D eigenvalue weighted by Crippen LogP contribution is -2.56. The summed E-state index contributed by atoms with van der Waals surface area (Å²) in [6.45, 7) is 0.757. The average Bonchev–Trinajstić information content (AvgIpc) is 2.70. The van der Waals surface area contributed by atoms with Crippen molar-refractivity contribution < 1.29 is 15.0 Å². The number of piperidine rings is 1. The molecule has 2 atom stereocenters. The third-order valence-electron chi connectivity index (χ3n) is 5.98. The summed E-state index contributed by atoms with van der Waals surface area (Å²) in [6, 6.07) is 9.52. The van der Waals surface area contributed by atoms with Crippen LogP contribution in [-0.2, 0) is 24.1 Å². The van der Waals surface area contributed by atoms with Gasteiger partial charge in [-0.05, 0) is 49.7 Å². The first kappa shape index (κ1) is 17.9. The Morgan fingerprint density at radius 3 is 2.74 bits per heavy atom. The monoisotopic (exact) mass is 367 g/mol. The van der Waals surface area contributed by atoms with Crippen LogP contribution >= 0.6 is 0 Å². The van der Waals surface area contributed by atoms with E-state index in [1.807, 2.05) is 41.4 Å². The smallest absolute Gasteiger partial charge is 0.312 e. The quantitative estimate of drug-likeness (QED) is 0.862. The van der Waals surface area contributed by atoms with Gasteiger partial charge in [0, 0.05) is 25.0 Å². The number of β-amino-alcohol motifs (C(OH)–C–C–N with tert-alkyl or cyclic N) is 1. The van der Waals surface area contributed by atoms with E-state index in [1.54, 1.807) is 0 Å². The third kappa shape index (κ3) is 3.41. The lowest BCUT2D eigenvalue weighted by Gasteiger charge is -2.43. The molecular formula is C21H25N3O3. The van der Waals surface area contributed by atoms with Crippen molar-refractivity contribution in [2.75, 3.05) is 18.0 Å². The highest BCUT2D eigenvalue weighted by Gasteiger charge is 2.49. The Morgan fingerprint density at radius 2 is 2.00 bits per heavy atom. The van der Waals surface area contributed by atoms with Crippen molar-refractivity contribution >= 4 is 11.9 Å². The zero-order chi connectivity index (χ0) is 18.9. The van der Waals surface area contributed by atoms with Crippen molar-refractivity contribution in [1.82, 2.24) is 9.97 Å². The minimum atomic E-state index is -1.17. The highest BCUT2D eigenvalue weighted by molar-refractivity contribution is 5.76. The molecule has 6 heteroatoms. The van der Waals surface area contributed by atoms with Crippen molar-refractivity contribution in [3.8, 4) is 0 Å². The summed E-state index contributed by atoms with van der Waals surface area (Å²) in [5.74, 6) is -0.335. The van der Waals surface area contributed by atoms with E-state index in [4.69, 9.17) is 4.98 Å². The van der Waals surface area contributed by atoms with Gasteiger partial charge in [-0.3, -0.25) is 4.79 Å². The number of aliphatic carboxylic acids is 1. The average molecular weight is 367 g/mol. The highest BCUT2D eigenvalue weighted by Crippen LogP contribution is 2.37. The number of rotatable bonds is 4. The second-order valence-corrected chi connectivity index (χ2v) is 7.68. The van der Waals surface area contributed by atoms with E-state index in [2.05, 4.69) is 4.98 Å². The van der Waals surface area contributed by atoms with Gasteiger partial charge < -0.3 is 15.1 Å². The van der Waals surface area contributed by atoms with E-state index in [0.29, 0.717) is 25.3 Å². The Kier molecular flexibility index (Phi) is 4.83. The molecule has 0 radical (unpaired) electrons. The van der Waals surface area contributed by atoms with Gasteiger partial charge in [-0.2, -0.15) is 0 Å². The maximum Gasteiger partial charge on any atom is 0.312 e. The molecule has 2 aromatic rings. The van der Waals surface area contributed by atoms with Crippen LogP contribution in [0.4, 0.5) is 5.95 Å². The van der Waals surface area contributed by atoms with Gasteiger partial charge in [0.25, 0.3) is 0 Å². The fourth-order valence-corrected chi connectivity index (χ4v) is 4.27. The predicted molar refractivity (Wildman–Crippen MR) is 102 cm³/mol. The Balaban J connectivity index is 1.54. The third-order valence-corrected chi connectivity index (χ3v) is 5.98. The second kappa shape index (κ2) is 7.27. The number of hydrogen-bond donors (Lipinski definition) is 2. The van der Waals surface area contributed by atoms with E-state index < -0.39 is 17.5 Å². The number of aliphatic hydroxyl groups excluding tert-OH is 1. The number of anilines is 1. The zero-order valence-electron chi connectivity index (χ0n) is 15.3. The Labute approximate surface area is 158 Å². The summed E-state index contributed by atoms with van der Waals surface area (Å²) < 4.78 is 0. The van der Waals surface area contributed by atoms with Crippen molar-refractivity contribution in [2.24, 2.45) is 5.41 Å². The number of fused-ring (bicyclic) bond motifs is 1. The minimum absolute atomic E-state index is 0.234. The summed E-state index contributed by atoms with van der Waals surface area (Å²) >= 11 is 0. The number of carboxylic acid groups (broad SMARTS) is 1. The van der Waals surface area contributed by atoms with E-state index in [9.17, 15) is 15.0 Å². The van der Waals surface area contributed by atoms with E-state index in [-0.39, 0.29) is 6.54 Å². The summed E-state index contributed by atoms with van der Waals surface area (Å²) in [5, 5.41) is 20.8. The second-order valence-electron chi connectivity index (χ2n) is 7.68. The molecule has 1 aliphatic carbocycles. The fraction of sp³-hybridized carbons (Fsp3) is 0.476. The van der Waals surface area contributed by atoms with Crippen LogP contribution < -0.4 is 4.90 Å². The summed E-state index contributed by atoms with van der Waals surface area (Å²) in [5.41, 5.74) is 2.07. The maximum absolute atomic E-state index is 12.1. The number of hydrogen-bond acceptors (Lipinski definition) is 5. The molecule has 0 bridgehead atoms. The fourth-order valence-electron chi connectivity index (χ4n) is 4.27. The van der Waals surface area contributed by atoms with Crippen LogP contribution in [0.25, 0.3) is 0 Å². The summed E-state index contributed by atoms with van der Waals surface area (Å²) in [7, 11) is 0. The summed E-state index contributed by atoms with van der Waals surface area (Å²) in [4.78, 5) is 23.2. The van der Waals surface area contributed by atoms with Crippen molar-refractivity contribution in [2.45, 2.75) is 44.6 Å². The van der Waals surface area contributed by atoms with Crippen LogP contribution in [0, 0.1) is 5.41 Å². The van der Waals surface area contributed by atoms with E-state index in [1.165, 1.54) is 12.0 Å². The van der Waals surface area contributed by atoms with E-state index in [0.717, 1.165) is 30.5 Å². The molecule has 4 rings (SSSR count). The van der Waals surface area contributed by atoms with Crippen LogP contribution in [0.15, 0.2) is 36.5 Å². The maximum atomic E-state index is 12.1. The normalized spacial score (nSPS) is 25.1. The first-order chi connectivity index (χ1) is 13.1. The molecule has 0 unspecified atom stereocenters. The van der Waals surface area contributed by atoms with Crippen LogP contribution in [-0.4, -0.2) is 45.3 Å². The standard InChI is InChI=1S/C21H25N3O3/c25-18-14-24(20-22-13-16-8-4-5-9-17(16)23-20)11-10-21(18,19(26)27)12-15-6-2-1-3-7-15/h1-3,6-7,13,18,25H,4-5,8-12,14H2,(H,26,27)/t18-,21-/m1/s1.